The van der Waals surface area contributed by atoms with Crippen LogP contribution in [-0.4, -0.2) is 25.1 Å². The van der Waals surface area contributed by atoms with Gasteiger partial charge in [0.1, 0.15) is 10.5 Å². The second kappa shape index (κ2) is 8.57. The maximum atomic E-state index is 12.9. The van der Waals surface area contributed by atoms with Crippen molar-refractivity contribution in [3.05, 3.63) is 62.5 Å². The van der Waals surface area contributed by atoms with Gasteiger partial charge in [0.2, 0.25) is 11.7 Å². The molecule has 0 bridgehead atoms. The number of benzene rings is 1. The predicted molar refractivity (Wildman–Crippen MR) is 119 cm³/mol. The summed E-state index contributed by atoms with van der Waals surface area (Å²) in [6, 6.07) is 9.27. The summed E-state index contributed by atoms with van der Waals surface area (Å²) in [4.78, 5) is 25.2. The number of aryl methyl sites for hydroxylation is 1. The fourth-order valence-electron chi connectivity index (χ4n) is 3.39. The second-order valence-corrected chi connectivity index (χ2v) is 8.95. The molecule has 30 heavy (non-hydrogen) atoms. The molecule has 0 aliphatic heterocycles. The van der Waals surface area contributed by atoms with E-state index in [0.717, 1.165) is 11.1 Å². The molecule has 0 unspecified atom stereocenters. The van der Waals surface area contributed by atoms with Gasteiger partial charge in [-0.05, 0) is 35.1 Å². The Bertz CT molecular complexity index is 1260. The summed E-state index contributed by atoms with van der Waals surface area (Å²) < 4.78 is 4.26. The van der Waals surface area contributed by atoms with Gasteiger partial charge in [0, 0.05) is 31.0 Å². The Balaban J connectivity index is 1.54. The Morgan fingerprint density at radius 3 is 2.70 bits per heavy atom. The van der Waals surface area contributed by atoms with E-state index in [9.17, 15) is 9.59 Å². The number of halogens is 1. The zero-order chi connectivity index (χ0) is 21.3. The van der Waals surface area contributed by atoms with E-state index in [1.807, 2.05) is 28.0 Å². The summed E-state index contributed by atoms with van der Waals surface area (Å²) in [7, 11) is 0. The maximum Gasteiger partial charge on any atom is 0.272 e. The molecule has 156 valence electrons. The number of thiophene rings is 1. The fourth-order valence-corrected chi connectivity index (χ4v) is 4.34. The summed E-state index contributed by atoms with van der Waals surface area (Å²) in [6.45, 7) is 5.13. The zero-order valence-electron chi connectivity index (χ0n) is 16.8. The number of nitrogens with one attached hydrogen (secondary N) is 1. The van der Waals surface area contributed by atoms with Crippen LogP contribution in [0.15, 0.2) is 40.5 Å². The molecule has 3 heterocycles. The fraction of sp³-hybridized carbons (Fsp3) is 0.333. The molecule has 4 aromatic rings. The van der Waals surface area contributed by atoms with Crippen molar-refractivity contribution in [2.24, 2.45) is 5.92 Å². The lowest BCUT2D eigenvalue weighted by Crippen LogP contribution is -2.25. The van der Waals surface area contributed by atoms with Gasteiger partial charge >= 0.3 is 0 Å². The molecular weight excluding hydrogens is 422 g/mol. The number of carbonyl (C=O) groups excluding carboxylic acids is 1. The summed E-state index contributed by atoms with van der Waals surface area (Å²) >= 11 is 7.30. The highest BCUT2D eigenvalue weighted by molar-refractivity contribution is 7.17. The van der Waals surface area contributed by atoms with Gasteiger partial charge in [0.25, 0.3) is 5.56 Å². The van der Waals surface area contributed by atoms with Crippen molar-refractivity contribution >= 4 is 44.8 Å². The summed E-state index contributed by atoms with van der Waals surface area (Å²) in [5, 5.41) is 14.1. The molecule has 3 aromatic heterocycles. The molecule has 9 heteroatoms. The average Bonchev–Trinajstić information content (AvgIpc) is 3.36. The minimum Gasteiger partial charge on any atom is -0.352 e. The third kappa shape index (κ3) is 4.11. The standard InChI is InChI=1S/C21H22ClN5O2S/c1-13(2)12-26-20(29)19-16(9-10-30-19)27-17(24-25-21(26)27)7-8-18(28)23-11-14-3-5-15(22)6-4-14/h3-6,9-10,13H,7-8,11-12H2,1-2H3,(H,23,28). The normalized spacial score (nSPS) is 11.6. The number of rotatable bonds is 7. The van der Waals surface area contributed by atoms with E-state index >= 15 is 0 Å². The van der Waals surface area contributed by atoms with E-state index in [2.05, 4.69) is 29.4 Å². The van der Waals surface area contributed by atoms with Gasteiger partial charge in [-0.15, -0.1) is 21.5 Å². The Morgan fingerprint density at radius 1 is 1.20 bits per heavy atom. The first kappa shape index (κ1) is 20.6. The number of amides is 1. The van der Waals surface area contributed by atoms with Crippen LogP contribution in [-0.2, 0) is 24.3 Å². The van der Waals surface area contributed by atoms with Crippen molar-refractivity contribution in [2.75, 3.05) is 0 Å². The van der Waals surface area contributed by atoms with Gasteiger partial charge in [-0.3, -0.25) is 18.6 Å². The number of hydrogen-bond donors (Lipinski definition) is 1. The van der Waals surface area contributed by atoms with Crippen LogP contribution >= 0.6 is 22.9 Å². The molecule has 1 amide bonds. The molecule has 0 saturated carbocycles. The Hall–Kier alpha value is -2.71. The number of fused-ring (bicyclic) bond motifs is 3. The number of aromatic nitrogens is 4. The molecule has 0 radical (unpaired) electrons. The van der Waals surface area contributed by atoms with Crippen LogP contribution in [0.25, 0.3) is 16.0 Å². The van der Waals surface area contributed by atoms with Gasteiger partial charge in [-0.25, -0.2) is 0 Å². The summed E-state index contributed by atoms with van der Waals surface area (Å²) in [5.41, 5.74) is 1.74. The zero-order valence-corrected chi connectivity index (χ0v) is 18.3. The smallest absolute Gasteiger partial charge is 0.272 e. The van der Waals surface area contributed by atoms with Crippen molar-refractivity contribution in [1.82, 2.24) is 24.5 Å². The summed E-state index contributed by atoms with van der Waals surface area (Å²) in [6.07, 6.45) is 0.710. The van der Waals surface area contributed by atoms with Crippen molar-refractivity contribution in [1.29, 1.82) is 0 Å². The SMILES string of the molecule is CC(C)Cn1c(=O)c2sccc2n2c(CCC(=O)NCc3ccc(Cl)cc3)nnc12. The third-order valence-corrected chi connectivity index (χ3v) is 5.95. The lowest BCUT2D eigenvalue weighted by Gasteiger charge is -2.11. The van der Waals surface area contributed by atoms with E-state index < -0.39 is 0 Å². The van der Waals surface area contributed by atoms with Gasteiger partial charge in [-0.2, -0.15) is 0 Å². The van der Waals surface area contributed by atoms with Crippen LogP contribution in [0.2, 0.25) is 5.02 Å². The van der Waals surface area contributed by atoms with Gasteiger partial charge < -0.3 is 5.32 Å². The number of carbonyl (C=O) groups is 1. The summed E-state index contributed by atoms with van der Waals surface area (Å²) in [5.74, 6) is 1.42. The molecule has 0 saturated heterocycles. The quantitative estimate of drug-likeness (QED) is 0.472. The van der Waals surface area contributed by atoms with Crippen LogP contribution in [0.1, 0.15) is 31.7 Å². The van der Waals surface area contributed by atoms with Crippen LogP contribution in [0.5, 0.6) is 0 Å². The lowest BCUT2D eigenvalue weighted by atomic mass is 10.2. The molecule has 1 aromatic carbocycles. The Morgan fingerprint density at radius 2 is 1.97 bits per heavy atom. The van der Waals surface area contributed by atoms with Gasteiger partial charge in [-0.1, -0.05) is 37.6 Å². The second-order valence-electron chi connectivity index (χ2n) is 7.60. The Kier molecular flexibility index (Phi) is 5.87. The number of hydrogen-bond acceptors (Lipinski definition) is 5. The van der Waals surface area contributed by atoms with E-state index in [0.29, 0.717) is 46.8 Å². The highest BCUT2D eigenvalue weighted by Crippen LogP contribution is 2.21. The molecular formula is C21H22ClN5O2S. The molecule has 7 nitrogen and oxygen atoms in total. The van der Waals surface area contributed by atoms with E-state index in [-0.39, 0.29) is 17.9 Å². The first-order valence-corrected chi connectivity index (χ1v) is 11.0. The van der Waals surface area contributed by atoms with Crippen LogP contribution in [0.4, 0.5) is 0 Å². The highest BCUT2D eigenvalue weighted by atomic mass is 35.5. The van der Waals surface area contributed by atoms with Crippen LogP contribution in [0.3, 0.4) is 0 Å². The first-order valence-electron chi connectivity index (χ1n) is 9.79. The van der Waals surface area contributed by atoms with E-state index in [4.69, 9.17) is 11.6 Å². The Labute approximate surface area is 182 Å². The first-order chi connectivity index (χ1) is 14.4. The molecule has 0 atom stereocenters. The largest absolute Gasteiger partial charge is 0.352 e. The van der Waals surface area contributed by atoms with Crippen molar-refractivity contribution in [3.8, 4) is 0 Å². The molecule has 0 aliphatic rings. The molecule has 4 rings (SSSR count). The topological polar surface area (TPSA) is 81.3 Å². The minimum atomic E-state index is -0.0706. The number of nitrogens with zero attached hydrogens (tertiary/aromatic N) is 4. The van der Waals surface area contributed by atoms with Crippen molar-refractivity contribution < 1.29 is 4.79 Å². The molecule has 0 fully saturated rings. The third-order valence-electron chi connectivity index (χ3n) is 4.81. The van der Waals surface area contributed by atoms with Crippen LogP contribution in [0, 0.1) is 5.92 Å². The van der Waals surface area contributed by atoms with Gasteiger partial charge in [0.05, 0.1) is 5.52 Å². The molecule has 1 N–H and O–H groups in total. The average molecular weight is 444 g/mol. The van der Waals surface area contributed by atoms with Crippen molar-refractivity contribution in [3.63, 3.8) is 0 Å². The molecule has 0 aliphatic carbocycles. The predicted octanol–water partition coefficient (Wildman–Crippen LogP) is 3.66. The minimum absolute atomic E-state index is 0.0409. The monoisotopic (exact) mass is 443 g/mol. The maximum absolute atomic E-state index is 12.9. The molecule has 0 spiro atoms. The highest BCUT2D eigenvalue weighted by Gasteiger charge is 2.18. The van der Waals surface area contributed by atoms with Gasteiger partial charge in [0.15, 0.2) is 0 Å². The van der Waals surface area contributed by atoms with E-state index in [1.165, 1.54) is 11.3 Å². The van der Waals surface area contributed by atoms with Crippen molar-refractivity contribution in [2.45, 2.75) is 39.8 Å². The van der Waals surface area contributed by atoms with Crippen LogP contribution < -0.4 is 10.9 Å². The van der Waals surface area contributed by atoms with E-state index in [1.54, 1.807) is 16.7 Å². The lowest BCUT2D eigenvalue weighted by molar-refractivity contribution is -0.121.